The molecule has 0 unspecified atom stereocenters. The third kappa shape index (κ3) is 4.27. The molecule has 1 aliphatic heterocycles. The van der Waals surface area contributed by atoms with Gasteiger partial charge in [-0.1, -0.05) is 35.0 Å². The van der Waals surface area contributed by atoms with E-state index in [0.717, 1.165) is 22.9 Å². The van der Waals surface area contributed by atoms with Crippen LogP contribution in [0, 0.1) is 5.92 Å². The largest absolute Gasteiger partial charge is 0.279 e. The maximum atomic E-state index is 12.1. The summed E-state index contributed by atoms with van der Waals surface area (Å²) in [6.45, 7) is 3.74. The maximum absolute atomic E-state index is 12.1. The van der Waals surface area contributed by atoms with Crippen LogP contribution in [0.5, 0.6) is 0 Å². The molecule has 0 spiro atoms. The Balaban J connectivity index is 1.92. The Morgan fingerprint density at radius 2 is 1.84 bits per heavy atom. The van der Waals surface area contributed by atoms with Crippen LogP contribution in [-0.4, -0.2) is 25.8 Å². The second kappa shape index (κ2) is 6.35. The second-order valence-electron chi connectivity index (χ2n) is 5.03. The highest BCUT2D eigenvalue weighted by molar-refractivity contribution is 9.10. The SMILES string of the molecule is CC1CCN(S(=O)(=O)NCc2ccc(Br)cc2)CC1. The Labute approximate surface area is 123 Å². The molecule has 1 aliphatic rings. The van der Waals surface area contributed by atoms with Crippen molar-refractivity contribution in [1.29, 1.82) is 0 Å². The average molecular weight is 347 g/mol. The number of nitrogens with one attached hydrogen (secondary N) is 1. The molecule has 0 saturated carbocycles. The Morgan fingerprint density at radius 3 is 2.42 bits per heavy atom. The molecule has 0 atom stereocenters. The van der Waals surface area contributed by atoms with Crippen LogP contribution >= 0.6 is 15.9 Å². The molecule has 0 aromatic heterocycles. The van der Waals surface area contributed by atoms with Gasteiger partial charge in [-0.15, -0.1) is 0 Å². The number of halogens is 1. The quantitative estimate of drug-likeness (QED) is 0.910. The third-order valence-electron chi connectivity index (χ3n) is 3.45. The van der Waals surface area contributed by atoms with Crippen LogP contribution in [0.3, 0.4) is 0 Å². The first kappa shape index (κ1) is 15.0. The van der Waals surface area contributed by atoms with Gasteiger partial charge in [0.15, 0.2) is 0 Å². The molecule has 1 saturated heterocycles. The minimum atomic E-state index is -3.34. The van der Waals surface area contributed by atoms with E-state index in [-0.39, 0.29) is 0 Å². The first-order chi connectivity index (χ1) is 8.97. The van der Waals surface area contributed by atoms with Crippen LogP contribution in [0.2, 0.25) is 0 Å². The van der Waals surface area contributed by atoms with Crippen molar-refractivity contribution in [2.45, 2.75) is 26.3 Å². The highest BCUT2D eigenvalue weighted by Gasteiger charge is 2.25. The number of nitrogens with zero attached hydrogens (tertiary/aromatic N) is 1. The monoisotopic (exact) mass is 346 g/mol. The summed E-state index contributed by atoms with van der Waals surface area (Å²) in [5.41, 5.74) is 0.956. The van der Waals surface area contributed by atoms with Crippen LogP contribution in [0.4, 0.5) is 0 Å². The molecule has 106 valence electrons. The summed E-state index contributed by atoms with van der Waals surface area (Å²) in [5, 5.41) is 0. The van der Waals surface area contributed by atoms with Gasteiger partial charge in [0.2, 0.25) is 0 Å². The molecular weight excluding hydrogens is 328 g/mol. The second-order valence-corrected chi connectivity index (χ2v) is 7.71. The van der Waals surface area contributed by atoms with Crippen LogP contribution in [0.25, 0.3) is 0 Å². The van der Waals surface area contributed by atoms with Gasteiger partial charge in [0.25, 0.3) is 10.2 Å². The molecule has 6 heteroatoms. The van der Waals surface area contributed by atoms with Gasteiger partial charge in [-0.3, -0.25) is 0 Å². The lowest BCUT2D eigenvalue weighted by atomic mass is 10.0. The summed E-state index contributed by atoms with van der Waals surface area (Å²) in [6.07, 6.45) is 1.89. The van der Waals surface area contributed by atoms with Crippen LogP contribution in [-0.2, 0) is 16.8 Å². The van der Waals surface area contributed by atoms with Gasteiger partial charge in [0.1, 0.15) is 0 Å². The van der Waals surface area contributed by atoms with Crippen LogP contribution in [0.15, 0.2) is 28.7 Å². The summed E-state index contributed by atoms with van der Waals surface area (Å²) in [6, 6.07) is 7.63. The Hall–Kier alpha value is -0.430. The van der Waals surface area contributed by atoms with Crippen molar-refractivity contribution >= 4 is 26.1 Å². The molecule has 0 aliphatic carbocycles. The minimum Gasteiger partial charge on any atom is -0.198 e. The molecule has 1 N–H and O–H groups in total. The minimum absolute atomic E-state index is 0.335. The average Bonchev–Trinajstić information content (AvgIpc) is 2.39. The molecule has 1 aromatic carbocycles. The first-order valence-electron chi connectivity index (χ1n) is 6.46. The van der Waals surface area contributed by atoms with Gasteiger partial charge >= 0.3 is 0 Å². The zero-order chi connectivity index (χ0) is 13.9. The van der Waals surface area contributed by atoms with Gasteiger partial charge in [-0.05, 0) is 36.5 Å². The number of benzene rings is 1. The highest BCUT2D eigenvalue weighted by atomic mass is 79.9. The molecule has 19 heavy (non-hydrogen) atoms. The number of rotatable bonds is 4. The van der Waals surface area contributed by atoms with E-state index in [0.29, 0.717) is 25.6 Å². The first-order valence-corrected chi connectivity index (χ1v) is 8.70. The van der Waals surface area contributed by atoms with Crippen molar-refractivity contribution in [2.75, 3.05) is 13.1 Å². The maximum Gasteiger partial charge on any atom is 0.279 e. The summed E-state index contributed by atoms with van der Waals surface area (Å²) in [5.74, 6) is 0.623. The predicted molar refractivity (Wildman–Crippen MR) is 79.9 cm³/mol. The molecule has 1 heterocycles. The van der Waals surface area contributed by atoms with Crippen LogP contribution in [0.1, 0.15) is 25.3 Å². The van der Waals surface area contributed by atoms with Gasteiger partial charge < -0.3 is 0 Å². The highest BCUT2D eigenvalue weighted by Crippen LogP contribution is 2.18. The van der Waals surface area contributed by atoms with E-state index in [1.807, 2.05) is 24.3 Å². The lowest BCUT2D eigenvalue weighted by Gasteiger charge is -2.29. The van der Waals surface area contributed by atoms with Crippen molar-refractivity contribution in [2.24, 2.45) is 5.92 Å². The van der Waals surface area contributed by atoms with Crippen molar-refractivity contribution in [1.82, 2.24) is 9.03 Å². The molecule has 1 fully saturated rings. The van der Waals surface area contributed by atoms with Gasteiger partial charge in [0, 0.05) is 24.1 Å². The number of piperidine rings is 1. The molecular formula is C13H19BrN2O2S. The molecule has 4 nitrogen and oxygen atoms in total. The normalized spacial score (nSPS) is 18.6. The van der Waals surface area contributed by atoms with Crippen molar-refractivity contribution in [3.05, 3.63) is 34.3 Å². The summed E-state index contributed by atoms with van der Waals surface area (Å²) in [4.78, 5) is 0. The van der Waals surface area contributed by atoms with E-state index in [2.05, 4.69) is 27.6 Å². The van der Waals surface area contributed by atoms with E-state index < -0.39 is 10.2 Å². The van der Waals surface area contributed by atoms with E-state index in [1.165, 1.54) is 0 Å². The number of hydrogen-bond acceptors (Lipinski definition) is 2. The Morgan fingerprint density at radius 1 is 1.26 bits per heavy atom. The van der Waals surface area contributed by atoms with E-state index in [4.69, 9.17) is 0 Å². The summed E-state index contributed by atoms with van der Waals surface area (Å²) in [7, 11) is -3.34. The van der Waals surface area contributed by atoms with Gasteiger partial charge in [-0.2, -0.15) is 17.4 Å². The zero-order valence-corrected chi connectivity index (χ0v) is 13.4. The summed E-state index contributed by atoms with van der Waals surface area (Å²) < 4.78 is 29.5. The van der Waals surface area contributed by atoms with Crippen molar-refractivity contribution in [3.63, 3.8) is 0 Å². The zero-order valence-electron chi connectivity index (χ0n) is 11.0. The fourth-order valence-corrected chi connectivity index (χ4v) is 3.58. The lowest BCUT2D eigenvalue weighted by Crippen LogP contribution is -2.44. The van der Waals surface area contributed by atoms with Crippen molar-refractivity contribution in [3.8, 4) is 0 Å². The number of hydrogen-bond donors (Lipinski definition) is 1. The van der Waals surface area contributed by atoms with Gasteiger partial charge in [0.05, 0.1) is 0 Å². The van der Waals surface area contributed by atoms with E-state index >= 15 is 0 Å². The smallest absolute Gasteiger partial charge is 0.198 e. The molecule has 0 radical (unpaired) electrons. The fraction of sp³-hybridized carbons (Fsp3) is 0.538. The van der Waals surface area contributed by atoms with E-state index in [9.17, 15) is 8.42 Å². The predicted octanol–water partition coefficient (Wildman–Crippen LogP) is 2.52. The van der Waals surface area contributed by atoms with Crippen LogP contribution < -0.4 is 4.72 Å². The van der Waals surface area contributed by atoms with Crippen molar-refractivity contribution < 1.29 is 8.42 Å². The molecule has 0 amide bonds. The fourth-order valence-electron chi connectivity index (χ4n) is 2.09. The van der Waals surface area contributed by atoms with Gasteiger partial charge in [-0.25, -0.2) is 0 Å². The standard InChI is InChI=1S/C13H19BrN2O2S/c1-11-6-8-16(9-7-11)19(17,18)15-10-12-2-4-13(14)5-3-12/h2-5,11,15H,6-10H2,1H3. The topological polar surface area (TPSA) is 49.4 Å². The Kier molecular flexibility index (Phi) is 5.00. The van der Waals surface area contributed by atoms with E-state index in [1.54, 1.807) is 4.31 Å². The lowest BCUT2D eigenvalue weighted by molar-refractivity contribution is 0.285. The summed E-state index contributed by atoms with van der Waals surface area (Å²) >= 11 is 3.36. The molecule has 1 aromatic rings. The third-order valence-corrected chi connectivity index (χ3v) is 5.54. The Bertz CT molecular complexity index is 508. The molecule has 2 rings (SSSR count). The molecule has 0 bridgehead atoms.